The van der Waals surface area contributed by atoms with Crippen LogP contribution >= 0.6 is 0 Å². The Bertz CT molecular complexity index is 765. The van der Waals surface area contributed by atoms with E-state index in [2.05, 4.69) is 5.32 Å². The maximum atomic E-state index is 12.4. The van der Waals surface area contributed by atoms with Crippen LogP contribution in [-0.2, 0) is 19.1 Å². The van der Waals surface area contributed by atoms with Crippen LogP contribution in [0.15, 0.2) is 34.6 Å². The van der Waals surface area contributed by atoms with Crippen LogP contribution in [0, 0.1) is 5.92 Å². The summed E-state index contributed by atoms with van der Waals surface area (Å²) in [6.07, 6.45) is 4.77. The smallest absolute Gasteiger partial charge is 0.340 e. The summed E-state index contributed by atoms with van der Waals surface area (Å²) in [5.74, 6) is -1.66. The lowest BCUT2D eigenvalue weighted by Crippen LogP contribution is -2.46. The first kappa shape index (κ1) is 21.7. The van der Waals surface area contributed by atoms with Crippen LogP contribution in [-0.4, -0.2) is 61.4 Å². The van der Waals surface area contributed by atoms with E-state index in [1.54, 1.807) is 21.2 Å². The quantitative estimate of drug-likeness (QED) is 0.508. The fourth-order valence-electron chi connectivity index (χ4n) is 3.38. The second-order valence-corrected chi connectivity index (χ2v) is 7.48. The summed E-state index contributed by atoms with van der Waals surface area (Å²) in [6.45, 7) is 3.91. The average molecular weight is 392 g/mol. The van der Waals surface area contributed by atoms with Crippen molar-refractivity contribution in [3.8, 4) is 0 Å². The highest BCUT2D eigenvalue weighted by Gasteiger charge is 2.45. The van der Waals surface area contributed by atoms with E-state index in [0.29, 0.717) is 29.7 Å². The van der Waals surface area contributed by atoms with Crippen molar-refractivity contribution in [2.24, 2.45) is 5.92 Å². The van der Waals surface area contributed by atoms with E-state index >= 15 is 0 Å². The number of methoxy groups -OCH3 is 1. The summed E-state index contributed by atoms with van der Waals surface area (Å²) in [6, 6.07) is -0.349. The molecular weight excluding hydrogens is 364 g/mol. The van der Waals surface area contributed by atoms with E-state index in [-0.39, 0.29) is 25.0 Å². The zero-order valence-corrected chi connectivity index (χ0v) is 17.0. The molecule has 154 valence electrons. The molecule has 1 saturated heterocycles. The molecule has 0 aromatic heterocycles. The molecule has 2 N–H and O–H groups in total. The standard InChI is InChI=1S/C20H28N2O6/c1-12(7-9-15(23)24)6-8-14-17(21-19(26)22(3)4)16-13(11-28-18(16)25)10-20(14,2)27-5/h6,10,14H,7-9,11H2,1-5H3,(H,21,26)(H,23,24). The Balaban J connectivity index is 2.42. The molecule has 1 fully saturated rings. The molecule has 1 aliphatic heterocycles. The first-order chi connectivity index (χ1) is 13.1. The Labute approximate surface area is 164 Å². The molecule has 2 amide bonds. The maximum absolute atomic E-state index is 12.4. The van der Waals surface area contributed by atoms with Gasteiger partial charge in [-0.1, -0.05) is 11.6 Å². The van der Waals surface area contributed by atoms with Crippen molar-refractivity contribution < 1.29 is 29.0 Å². The molecule has 1 aliphatic carbocycles. The minimum absolute atomic E-state index is 0.0518. The molecule has 0 spiro atoms. The number of hydrogen-bond donors (Lipinski definition) is 2. The number of hydrogen-bond acceptors (Lipinski definition) is 5. The molecule has 8 heteroatoms. The molecule has 1 heterocycles. The summed E-state index contributed by atoms with van der Waals surface area (Å²) in [7, 11) is 4.82. The zero-order valence-electron chi connectivity index (χ0n) is 17.0. The predicted molar refractivity (Wildman–Crippen MR) is 102 cm³/mol. The van der Waals surface area contributed by atoms with Gasteiger partial charge in [0.05, 0.1) is 11.2 Å². The van der Waals surface area contributed by atoms with Crippen molar-refractivity contribution in [1.29, 1.82) is 0 Å². The van der Waals surface area contributed by atoms with E-state index in [1.807, 2.05) is 26.0 Å². The van der Waals surface area contributed by atoms with E-state index in [9.17, 15) is 14.4 Å². The molecule has 2 unspecified atom stereocenters. The fraction of sp³-hybridized carbons (Fsp3) is 0.550. The summed E-state index contributed by atoms with van der Waals surface area (Å²) in [4.78, 5) is 36.9. The fourth-order valence-corrected chi connectivity index (χ4v) is 3.38. The van der Waals surface area contributed by atoms with Gasteiger partial charge in [0.15, 0.2) is 0 Å². The number of ether oxygens (including phenoxy) is 2. The number of carboxylic acids is 1. The topological polar surface area (TPSA) is 105 Å². The van der Waals surface area contributed by atoms with Gasteiger partial charge in [-0.3, -0.25) is 4.79 Å². The third-order valence-electron chi connectivity index (χ3n) is 5.18. The summed E-state index contributed by atoms with van der Waals surface area (Å²) < 4.78 is 11.0. The van der Waals surface area contributed by atoms with Gasteiger partial charge in [-0.25, -0.2) is 9.59 Å². The number of aliphatic carboxylic acids is 1. The number of nitrogens with zero attached hydrogens (tertiary/aromatic N) is 1. The molecule has 0 radical (unpaired) electrons. The number of amides is 2. The highest BCUT2D eigenvalue weighted by Crippen LogP contribution is 2.42. The van der Waals surface area contributed by atoms with Gasteiger partial charge in [0.25, 0.3) is 0 Å². The van der Waals surface area contributed by atoms with Crippen molar-refractivity contribution >= 4 is 18.0 Å². The van der Waals surface area contributed by atoms with Gasteiger partial charge in [-0.15, -0.1) is 0 Å². The van der Waals surface area contributed by atoms with Gasteiger partial charge >= 0.3 is 18.0 Å². The van der Waals surface area contributed by atoms with E-state index in [0.717, 1.165) is 5.57 Å². The lowest BCUT2D eigenvalue weighted by molar-refractivity contribution is -0.137. The van der Waals surface area contributed by atoms with Crippen molar-refractivity contribution in [3.05, 3.63) is 34.6 Å². The van der Waals surface area contributed by atoms with Crippen LogP contribution < -0.4 is 5.32 Å². The number of carbonyl (C=O) groups is 3. The number of carboxylic acid groups (broad SMARTS) is 1. The lowest BCUT2D eigenvalue weighted by atomic mass is 9.75. The molecule has 2 aliphatic rings. The van der Waals surface area contributed by atoms with Crippen LogP contribution in [0.25, 0.3) is 0 Å². The number of esters is 1. The Kier molecular flexibility index (Phi) is 6.66. The van der Waals surface area contributed by atoms with Crippen LogP contribution in [0.1, 0.15) is 33.1 Å². The average Bonchev–Trinajstić information content (AvgIpc) is 2.99. The first-order valence-corrected chi connectivity index (χ1v) is 9.13. The largest absolute Gasteiger partial charge is 0.481 e. The Morgan fingerprint density at radius 2 is 2.11 bits per heavy atom. The molecule has 0 saturated carbocycles. The predicted octanol–water partition coefficient (Wildman–Crippen LogP) is 2.23. The normalized spacial score (nSPS) is 24.5. The first-order valence-electron chi connectivity index (χ1n) is 9.13. The molecule has 0 aromatic rings. The summed E-state index contributed by atoms with van der Waals surface area (Å²) in [5.41, 5.74) is 1.72. The van der Waals surface area contributed by atoms with Gasteiger partial charge in [0.2, 0.25) is 0 Å². The van der Waals surface area contributed by atoms with Crippen LogP contribution in [0.5, 0.6) is 0 Å². The zero-order chi connectivity index (χ0) is 21.1. The summed E-state index contributed by atoms with van der Waals surface area (Å²) in [5, 5.41) is 11.7. The molecule has 28 heavy (non-hydrogen) atoms. The highest BCUT2D eigenvalue weighted by molar-refractivity contribution is 5.98. The van der Waals surface area contributed by atoms with Crippen LogP contribution in [0.4, 0.5) is 4.79 Å². The third kappa shape index (κ3) is 4.62. The minimum atomic E-state index is -0.852. The SMILES string of the molecule is COC1(C)C=C2COC(=O)C2=C(NC(=O)N(C)C)C1CC=C(C)CCC(=O)O. The second kappa shape index (κ2) is 8.60. The molecular formula is C20H28N2O6. The van der Waals surface area contributed by atoms with Gasteiger partial charge < -0.3 is 24.8 Å². The van der Waals surface area contributed by atoms with Gasteiger partial charge in [-0.05, 0) is 32.8 Å². The number of fused-ring (bicyclic) bond motifs is 1. The van der Waals surface area contributed by atoms with Gasteiger partial charge in [0, 0.05) is 44.8 Å². The van der Waals surface area contributed by atoms with E-state index in [1.165, 1.54) is 4.90 Å². The van der Waals surface area contributed by atoms with Gasteiger partial charge in [0.1, 0.15) is 6.61 Å². The number of urea groups is 1. The molecule has 2 atom stereocenters. The lowest BCUT2D eigenvalue weighted by Gasteiger charge is -2.39. The summed E-state index contributed by atoms with van der Waals surface area (Å²) >= 11 is 0. The monoisotopic (exact) mass is 392 g/mol. The molecule has 2 rings (SSSR count). The number of cyclic esters (lactones) is 1. The van der Waals surface area contributed by atoms with Crippen molar-refractivity contribution in [2.45, 2.75) is 38.7 Å². The van der Waals surface area contributed by atoms with Crippen LogP contribution in [0.3, 0.4) is 0 Å². The van der Waals surface area contributed by atoms with Crippen molar-refractivity contribution in [1.82, 2.24) is 10.2 Å². The number of carbonyl (C=O) groups excluding carboxylic acids is 2. The molecule has 0 bridgehead atoms. The van der Waals surface area contributed by atoms with Gasteiger partial charge in [-0.2, -0.15) is 0 Å². The molecule has 8 nitrogen and oxygen atoms in total. The Morgan fingerprint density at radius 1 is 1.43 bits per heavy atom. The highest BCUT2D eigenvalue weighted by atomic mass is 16.5. The van der Waals surface area contributed by atoms with E-state index in [4.69, 9.17) is 14.6 Å². The number of rotatable bonds is 7. The number of allylic oxidation sites excluding steroid dienone is 2. The molecule has 0 aromatic carbocycles. The number of nitrogens with one attached hydrogen (secondary N) is 1. The minimum Gasteiger partial charge on any atom is -0.481 e. The second-order valence-electron chi connectivity index (χ2n) is 7.48. The van der Waals surface area contributed by atoms with E-state index < -0.39 is 17.5 Å². The van der Waals surface area contributed by atoms with Crippen molar-refractivity contribution in [3.63, 3.8) is 0 Å². The Morgan fingerprint density at radius 3 is 2.68 bits per heavy atom. The maximum Gasteiger partial charge on any atom is 0.340 e. The van der Waals surface area contributed by atoms with Crippen molar-refractivity contribution in [2.75, 3.05) is 27.8 Å². The third-order valence-corrected chi connectivity index (χ3v) is 5.18. The Hall–Kier alpha value is -2.61. The van der Waals surface area contributed by atoms with Crippen LogP contribution in [0.2, 0.25) is 0 Å².